The third-order valence-electron chi connectivity index (χ3n) is 6.59. The Kier molecular flexibility index (Phi) is 8.58. The maximum Gasteiger partial charge on any atom is 0.248 e. The molecule has 1 aliphatic rings. The molecule has 2 aromatic carbocycles. The number of aliphatic hydroxyl groups is 1. The van der Waals surface area contributed by atoms with Crippen LogP contribution in [0, 0.1) is 5.82 Å². The monoisotopic (exact) mass is 516 g/mol. The summed E-state index contributed by atoms with van der Waals surface area (Å²) in [7, 11) is 0. The summed E-state index contributed by atoms with van der Waals surface area (Å²) in [6.45, 7) is 2.72. The molecule has 10 heteroatoms. The van der Waals surface area contributed by atoms with Crippen molar-refractivity contribution < 1.29 is 19.4 Å². The second kappa shape index (κ2) is 11.8. The second-order valence-corrected chi connectivity index (χ2v) is 9.52. The fourth-order valence-electron chi connectivity index (χ4n) is 4.52. The highest BCUT2D eigenvalue weighted by atomic mass is 35.5. The van der Waals surface area contributed by atoms with Crippen molar-refractivity contribution in [2.24, 2.45) is 0 Å². The van der Waals surface area contributed by atoms with Crippen LogP contribution in [0.4, 0.5) is 4.39 Å². The van der Waals surface area contributed by atoms with Gasteiger partial charge in [0.2, 0.25) is 11.5 Å². The number of hydrogen-bond donors (Lipinski definition) is 5. The highest BCUT2D eigenvalue weighted by Gasteiger charge is 2.21. The zero-order chi connectivity index (χ0) is 25.7. The van der Waals surface area contributed by atoms with Crippen molar-refractivity contribution in [3.8, 4) is 5.75 Å². The molecule has 1 fully saturated rings. The summed E-state index contributed by atoms with van der Waals surface area (Å²) in [4.78, 5) is 28.6. The summed E-state index contributed by atoms with van der Waals surface area (Å²) in [6.07, 6.45) is 1.29. The van der Waals surface area contributed by atoms with Crippen LogP contribution in [0.25, 0.3) is 10.9 Å². The van der Waals surface area contributed by atoms with Gasteiger partial charge in [0.15, 0.2) is 0 Å². The number of pyridine rings is 1. The normalized spacial score (nSPS) is 15.8. The van der Waals surface area contributed by atoms with Crippen LogP contribution >= 0.6 is 11.6 Å². The summed E-state index contributed by atoms with van der Waals surface area (Å²) in [5, 5.41) is 28.0. The molecular weight excluding hydrogens is 487 g/mol. The topological polar surface area (TPSA) is 118 Å². The lowest BCUT2D eigenvalue weighted by atomic mass is 10.0. The number of fused-ring (bicyclic) bond motifs is 1. The predicted octanol–water partition coefficient (Wildman–Crippen LogP) is 2.82. The van der Waals surface area contributed by atoms with Crippen molar-refractivity contribution in [1.82, 2.24) is 20.5 Å². The Hall–Kier alpha value is -2.98. The molecule has 1 aromatic heterocycles. The van der Waals surface area contributed by atoms with Crippen LogP contribution in [0.2, 0.25) is 5.02 Å². The van der Waals surface area contributed by atoms with Gasteiger partial charge in [-0.1, -0.05) is 17.7 Å². The van der Waals surface area contributed by atoms with Gasteiger partial charge in [0.05, 0.1) is 11.6 Å². The lowest BCUT2D eigenvalue weighted by Gasteiger charge is -2.32. The van der Waals surface area contributed by atoms with Gasteiger partial charge >= 0.3 is 0 Å². The number of aromatic hydroxyl groups is 1. The minimum absolute atomic E-state index is 0.0377. The van der Waals surface area contributed by atoms with Crippen molar-refractivity contribution in [1.29, 1.82) is 0 Å². The van der Waals surface area contributed by atoms with Crippen molar-refractivity contribution in [3.05, 3.63) is 74.8 Å². The average molecular weight is 517 g/mol. The first-order valence-electron chi connectivity index (χ1n) is 12.0. The number of nitrogens with one attached hydrogen (secondary N) is 3. The molecule has 8 nitrogen and oxygen atoms in total. The molecule has 1 saturated heterocycles. The predicted molar refractivity (Wildman–Crippen MR) is 137 cm³/mol. The van der Waals surface area contributed by atoms with Crippen LogP contribution in [0.1, 0.15) is 36.5 Å². The van der Waals surface area contributed by atoms with Crippen LogP contribution in [0.5, 0.6) is 5.75 Å². The third-order valence-corrected chi connectivity index (χ3v) is 6.83. The molecule has 4 rings (SSSR count). The number of rotatable bonds is 9. The minimum atomic E-state index is -0.801. The number of likely N-dealkylation sites (tertiary alicyclic amines) is 1. The first kappa shape index (κ1) is 26.1. The number of benzene rings is 2. The summed E-state index contributed by atoms with van der Waals surface area (Å²) in [6, 6.07) is 10.6. The Bertz CT molecular complexity index is 1280. The van der Waals surface area contributed by atoms with Gasteiger partial charge in [0.1, 0.15) is 11.6 Å². The Morgan fingerprint density at radius 1 is 1.19 bits per heavy atom. The van der Waals surface area contributed by atoms with E-state index >= 15 is 0 Å². The lowest BCUT2D eigenvalue weighted by molar-refractivity contribution is -0.121. The average Bonchev–Trinajstić information content (AvgIpc) is 2.87. The van der Waals surface area contributed by atoms with Gasteiger partial charge in [0, 0.05) is 54.1 Å². The zero-order valence-electron chi connectivity index (χ0n) is 19.8. The number of phenols is 1. The molecule has 0 bridgehead atoms. The van der Waals surface area contributed by atoms with Crippen LogP contribution in [0.3, 0.4) is 0 Å². The van der Waals surface area contributed by atoms with Crippen molar-refractivity contribution >= 4 is 28.4 Å². The molecule has 0 spiro atoms. The number of halogens is 2. The number of aromatic amines is 1. The number of amides is 1. The van der Waals surface area contributed by atoms with Crippen molar-refractivity contribution in [2.75, 3.05) is 26.2 Å². The van der Waals surface area contributed by atoms with Gasteiger partial charge in [-0.2, -0.15) is 0 Å². The molecule has 1 atom stereocenters. The number of carbonyl (C=O) groups is 1. The molecule has 1 aliphatic heterocycles. The maximum atomic E-state index is 13.8. The quantitative estimate of drug-likeness (QED) is 0.298. The number of hydrogen-bond acceptors (Lipinski definition) is 6. The fourth-order valence-corrected chi connectivity index (χ4v) is 4.71. The molecule has 36 heavy (non-hydrogen) atoms. The molecule has 0 radical (unpaired) electrons. The standard InChI is InChI=1S/C26H30ClFN4O4/c27-17-1-4-21(28)16(13-17)14-30-24(35)9-12-32-10-7-18(8-11-32)29-15-23(34)19-2-5-22(33)26-20(19)3-6-25(36)31-26/h1-6,13,18,23,29,33-34H,7-12,14-15H2,(H,30,35)(H,31,36)/t23-/m0/s1. The number of piperidine rings is 1. The summed E-state index contributed by atoms with van der Waals surface area (Å²) in [5.74, 6) is -0.572. The van der Waals surface area contributed by atoms with Crippen LogP contribution < -0.4 is 16.2 Å². The zero-order valence-corrected chi connectivity index (χ0v) is 20.5. The number of aromatic nitrogens is 1. The Morgan fingerprint density at radius 2 is 1.97 bits per heavy atom. The van der Waals surface area contributed by atoms with Gasteiger partial charge in [-0.15, -0.1) is 0 Å². The Labute approximate surface area is 213 Å². The maximum absolute atomic E-state index is 13.8. The molecule has 5 N–H and O–H groups in total. The van der Waals surface area contributed by atoms with E-state index in [1.54, 1.807) is 12.1 Å². The number of H-pyrrole nitrogens is 1. The van der Waals surface area contributed by atoms with Gasteiger partial charge < -0.3 is 30.7 Å². The SMILES string of the molecule is O=C(CCN1CCC(NC[C@H](O)c2ccc(O)c3[nH]c(=O)ccc23)CC1)NCc1cc(Cl)ccc1F. The number of phenolic OH excluding ortho intramolecular Hbond substituents is 1. The van der Waals surface area contributed by atoms with Gasteiger partial charge in [-0.3, -0.25) is 9.59 Å². The molecule has 0 unspecified atom stereocenters. The molecule has 0 saturated carbocycles. The highest BCUT2D eigenvalue weighted by molar-refractivity contribution is 6.30. The van der Waals surface area contributed by atoms with Crippen LogP contribution in [-0.2, 0) is 11.3 Å². The number of carbonyl (C=O) groups excluding carboxylic acids is 1. The van der Waals surface area contributed by atoms with E-state index in [0.717, 1.165) is 25.9 Å². The van der Waals surface area contributed by atoms with E-state index in [2.05, 4.69) is 20.5 Å². The second-order valence-electron chi connectivity index (χ2n) is 9.09. The van der Waals surface area contributed by atoms with Crippen molar-refractivity contribution in [3.63, 3.8) is 0 Å². The lowest BCUT2D eigenvalue weighted by Crippen LogP contribution is -2.44. The molecular formula is C26H30ClFN4O4. The van der Waals surface area contributed by atoms with E-state index < -0.39 is 11.9 Å². The number of nitrogens with zero attached hydrogens (tertiary/aromatic N) is 1. The fraction of sp³-hybridized carbons (Fsp3) is 0.385. The largest absolute Gasteiger partial charge is 0.506 e. The first-order valence-corrected chi connectivity index (χ1v) is 12.4. The van der Waals surface area contributed by atoms with Crippen LogP contribution in [-0.4, -0.2) is 58.2 Å². The highest BCUT2D eigenvalue weighted by Crippen LogP contribution is 2.28. The van der Waals surface area contributed by atoms with Gasteiger partial charge in [-0.05, 0) is 61.8 Å². The molecule has 1 amide bonds. The number of aliphatic hydroxyl groups excluding tert-OH is 1. The van der Waals surface area contributed by atoms with Gasteiger partial charge in [0.25, 0.3) is 0 Å². The minimum Gasteiger partial charge on any atom is -0.506 e. The van der Waals surface area contributed by atoms with Gasteiger partial charge in [-0.25, -0.2) is 4.39 Å². The van der Waals surface area contributed by atoms with E-state index in [4.69, 9.17) is 11.6 Å². The molecule has 3 aromatic rings. The third kappa shape index (κ3) is 6.61. The van der Waals surface area contributed by atoms with Crippen LogP contribution in [0.15, 0.2) is 47.3 Å². The van der Waals surface area contributed by atoms with Crippen molar-refractivity contribution in [2.45, 2.75) is 38.0 Å². The smallest absolute Gasteiger partial charge is 0.248 e. The molecule has 2 heterocycles. The van der Waals surface area contributed by atoms with E-state index in [1.165, 1.54) is 30.3 Å². The molecule has 192 valence electrons. The Balaban J connectivity index is 1.19. The van der Waals surface area contributed by atoms with E-state index in [0.29, 0.717) is 46.6 Å². The molecule has 0 aliphatic carbocycles. The summed E-state index contributed by atoms with van der Waals surface area (Å²) >= 11 is 5.89. The first-order chi connectivity index (χ1) is 17.3. The van der Waals surface area contributed by atoms with E-state index in [9.17, 15) is 24.2 Å². The Morgan fingerprint density at radius 3 is 2.75 bits per heavy atom. The van der Waals surface area contributed by atoms with E-state index in [1.807, 2.05) is 0 Å². The summed E-state index contributed by atoms with van der Waals surface area (Å²) < 4.78 is 13.8. The van der Waals surface area contributed by atoms with E-state index in [-0.39, 0.29) is 29.8 Å². The summed E-state index contributed by atoms with van der Waals surface area (Å²) in [5.41, 5.74) is 0.988.